The lowest BCUT2D eigenvalue weighted by molar-refractivity contribution is -0.122. The van der Waals surface area contributed by atoms with Gasteiger partial charge in [-0.15, -0.1) is 0 Å². The predicted octanol–water partition coefficient (Wildman–Crippen LogP) is 3.23. The summed E-state index contributed by atoms with van der Waals surface area (Å²) in [6, 6.07) is 10.2. The van der Waals surface area contributed by atoms with Gasteiger partial charge in [0.1, 0.15) is 5.78 Å². The zero-order chi connectivity index (χ0) is 10.4. The normalized spacial score (nSPS) is 12.4. The van der Waals surface area contributed by atoms with Crippen LogP contribution in [0.25, 0.3) is 0 Å². The van der Waals surface area contributed by atoms with Gasteiger partial charge in [-0.3, -0.25) is 4.79 Å². The van der Waals surface area contributed by atoms with E-state index in [1.165, 1.54) is 5.56 Å². The first kappa shape index (κ1) is 11.0. The van der Waals surface area contributed by atoms with Gasteiger partial charge in [0.05, 0.1) is 0 Å². The van der Waals surface area contributed by atoms with Gasteiger partial charge in [-0.25, -0.2) is 0 Å². The molecule has 1 nitrogen and oxygen atoms in total. The van der Waals surface area contributed by atoms with Gasteiger partial charge in [-0.05, 0) is 18.4 Å². The predicted molar refractivity (Wildman–Crippen MR) is 59.2 cm³/mol. The van der Waals surface area contributed by atoms with Crippen LogP contribution in [0.5, 0.6) is 0 Å². The van der Waals surface area contributed by atoms with Crippen molar-refractivity contribution in [3.8, 4) is 0 Å². The molecule has 0 aromatic heterocycles. The van der Waals surface area contributed by atoms with Gasteiger partial charge in [0.2, 0.25) is 0 Å². The van der Waals surface area contributed by atoms with Crippen LogP contribution < -0.4 is 0 Å². The number of ketones is 1. The molecule has 0 unspecified atom stereocenters. The summed E-state index contributed by atoms with van der Waals surface area (Å²) >= 11 is 0. The van der Waals surface area contributed by atoms with Crippen LogP contribution in [0.2, 0.25) is 0 Å². The Hall–Kier alpha value is -1.11. The summed E-state index contributed by atoms with van der Waals surface area (Å²) in [6.07, 6.45) is 2.55. The van der Waals surface area contributed by atoms with E-state index in [2.05, 4.69) is 12.1 Å². The maximum atomic E-state index is 11.5. The van der Waals surface area contributed by atoms with Crippen LogP contribution in [0.1, 0.15) is 32.3 Å². The van der Waals surface area contributed by atoms with Crippen molar-refractivity contribution in [3.05, 3.63) is 35.9 Å². The highest BCUT2D eigenvalue weighted by Gasteiger charge is 2.11. The van der Waals surface area contributed by atoms with E-state index in [9.17, 15) is 4.79 Å². The molecule has 0 saturated carbocycles. The molecule has 14 heavy (non-hydrogen) atoms. The molecule has 0 fully saturated rings. The van der Waals surface area contributed by atoms with Crippen LogP contribution in [0.3, 0.4) is 0 Å². The molecule has 1 aromatic carbocycles. The fourth-order valence-corrected chi connectivity index (χ4v) is 1.57. The largest absolute Gasteiger partial charge is 0.299 e. The minimum absolute atomic E-state index is 0.164. The van der Waals surface area contributed by atoms with Gasteiger partial charge < -0.3 is 0 Å². The average Bonchev–Trinajstić information content (AvgIpc) is 2.19. The molecule has 0 aliphatic carbocycles. The highest BCUT2D eigenvalue weighted by Crippen LogP contribution is 2.11. The Kier molecular flexibility index (Phi) is 4.37. The highest BCUT2D eigenvalue weighted by molar-refractivity contribution is 5.80. The lowest BCUT2D eigenvalue weighted by Crippen LogP contribution is -2.12. The van der Waals surface area contributed by atoms with E-state index in [4.69, 9.17) is 0 Å². The van der Waals surface area contributed by atoms with Crippen LogP contribution in [0, 0.1) is 5.92 Å². The van der Waals surface area contributed by atoms with Crippen LogP contribution >= 0.6 is 0 Å². The molecule has 0 amide bonds. The molecule has 0 aliphatic rings. The quantitative estimate of drug-likeness (QED) is 0.696. The SMILES string of the molecule is CCCC(=O)[C@@H](C)Cc1ccccc1. The molecule has 0 heterocycles. The Morgan fingerprint density at radius 3 is 2.50 bits per heavy atom. The third-order valence-corrected chi connectivity index (χ3v) is 2.43. The molecule has 0 saturated heterocycles. The number of carbonyl (C=O) groups is 1. The zero-order valence-electron chi connectivity index (χ0n) is 8.99. The van der Waals surface area contributed by atoms with Crippen molar-refractivity contribution in [1.29, 1.82) is 0 Å². The Balaban J connectivity index is 2.49. The summed E-state index contributed by atoms with van der Waals surface area (Å²) < 4.78 is 0. The molecule has 1 atom stereocenters. The first-order chi connectivity index (χ1) is 6.74. The van der Waals surface area contributed by atoms with Crippen molar-refractivity contribution in [2.45, 2.75) is 33.1 Å². The molecule has 76 valence electrons. The number of hydrogen-bond donors (Lipinski definition) is 0. The van der Waals surface area contributed by atoms with Crippen molar-refractivity contribution in [3.63, 3.8) is 0 Å². The van der Waals surface area contributed by atoms with Crippen molar-refractivity contribution in [2.24, 2.45) is 5.92 Å². The lowest BCUT2D eigenvalue weighted by Gasteiger charge is -2.09. The van der Waals surface area contributed by atoms with Gasteiger partial charge in [-0.1, -0.05) is 44.2 Å². The molecule has 1 aromatic rings. The smallest absolute Gasteiger partial charge is 0.136 e. The summed E-state index contributed by atoms with van der Waals surface area (Å²) in [4.78, 5) is 11.5. The third kappa shape index (κ3) is 3.33. The Morgan fingerprint density at radius 2 is 1.93 bits per heavy atom. The van der Waals surface area contributed by atoms with E-state index in [1.807, 2.05) is 32.0 Å². The maximum absolute atomic E-state index is 11.5. The van der Waals surface area contributed by atoms with Crippen LogP contribution in [-0.4, -0.2) is 5.78 Å². The molecular formula is C13H18O. The second-order valence-electron chi connectivity index (χ2n) is 3.81. The summed E-state index contributed by atoms with van der Waals surface area (Å²) in [7, 11) is 0. The van der Waals surface area contributed by atoms with Crippen molar-refractivity contribution >= 4 is 5.78 Å². The summed E-state index contributed by atoms with van der Waals surface area (Å²) in [5.74, 6) is 0.550. The molecule has 0 N–H and O–H groups in total. The topological polar surface area (TPSA) is 17.1 Å². The molecule has 0 radical (unpaired) electrons. The summed E-state index contributed by atoms with van der Waals surface area (Å²) in [6.45, 7) is 4.07. The molecule has 1 heteroatoms. The molecule has 0 aliphatic heterocycles. The fourth-order valence-electron chi connectivity index (χ4n) is 1.57. The van der Waals surface area contributed by atoms with Crippen LogP contribution in [0.4, 0.5) is 0 Å². The van der Waals surface area contributed by atoms with Gasteiger partial charge in [-0.2, -0.15) is 0 Å². The maximum Gasteiger partial charge on any atom is 0.136 e. The van der Waals surface area contributed by atoms with Crippen molar-refractivity contribution in [2.75, 3.05) is 0 Å². The minimum Gasteiger partial charge on any atom is -0.299 e. The van der Waals surface area contributed by atoms with E-state index in [0.717, 1.165) is 12.8 Å². The van der Waals surface area contributed by atoms with Gasteiger partial charge in [0, 0.05) is 12.3 Å². The van der Waals surface area contributed by atoms with E-state index >= 15 is 0 Å². The number of carbonyl (C=O) groups excluding carboxylic acids is 1. The monoisotopic (exact) mass is 190 g/mol. The van der Waals surface area contributed by atoms with Crippen LogP contribution in [-0.2, 0) is 11.2 Å². The second-order valence-corrected chi connectivity index (χ2v) is 3.81. The Labute approximate surface area is 86.1 Å². The van der Waals surface area contributed by atoms with Gasteiger partial charge in [0.25, 0.3) is 0 Å². The molecule has 1 rings (SSSR count). The average molecular weight is 190 g/mol. The first-order valence-corrected chi connectivity index (χ1v) is 5.30. The number of hydrogen-bond acceptors (Lipinski definition) is 1. The van der Waals surface area contributed by atoms with Crippen molar-refractivity contribution in [1.82, 2.24) is 0 Å². The fraction of sp³-hybridized carbons (Fsp3) is 0.462. The van der Waals surface area contributed by atoms with E-state index < -0.39 is 0 Å². The van der Waals surface area contributed by atoms with E-state index in [0.29, 0.717) is 12.2 Å². The second kappa shape index (κ2) is 5.58. The zero-order valence-corrected chi connectivity index (χ0v) is 8.99. The summed E-state index contributed by atoms with van der Waals surface area (Å²) in [5.41, 5.74) is 1.25. The molecule has 0 bridgehead atoms. The molecular weight excluding hydrogens is 172 g/mol. The highest BCUT2D eigenvalue weighted by atomic mass is 16.1. The standard InChI is InChI=1S/C13H18O/c1-3-7-13(14)11(2)10-12-8-5-4-6-9-12/h4-6,8-9,11H,3,7,10H2,1-2H3/t11-/m0/s1. The van der Waals surface area contributed by atoms with Crippen molar-refractivity contribution < 1.29 is 4.79 Å². The van der Waals surface area contributed by atoms with E-state index in [-0.39, 0.29) is 5.92 Å². The summed E-state index contributed by atoms with van der Waals surface area (Å²) in [5, 5.41) is 0. The van der Waals surface area contributed by atoms with Gasteiger partial charge in [0.15, 0.2) is 0 Å². The number of rotatable bonds is 5. The lowest BCUT2D eigenvalue weighted by atomic mass is 9.95. The van der Waals surface area contributed by atoms with Crippen LogP contribution in [0.15, 0.2) is 30.3 Å². The first-order valence-electron chi connectivity index (χ1n) is 5.30. The van der Waals surface area contributed by atoms with Gasteiger partial charge >= 0.3 is 0 Å². The Morgan fingerprint density at radius 1 is 1.29 bits per heavy atom. The third-order valence-electron chi connectivity index (χ3n) is 2.43. The number of Topliss-reactive ketones (excluding diaryl/α,β-unsaturated/α-hetero) is 1. The molecule has 0 spiro atoms. The minimum atomic E-state index is 0.164. The number of benzene rings is 1. The van der Waals surface area contributed by atoms with E-state index in [1.54, 1.807) is 0 Å². The Bertz CT molecular complexity index is 277.